The van der Waals surface area contributed by atoms with Crippen LogP contribution in [-0.4, -0.2) is 24.8 Å². The lowest BCUT2D eigenvalue weighted by molar-refractivity contribution is -0.130. The summed E-state index contributed by atoms with van der Waals surface area (Å²) >= 11 is 0. The number of carboxylic acids is 1. The van der Waals surface area contributed by atoms with E-state index in [2.05, 4.69) is 6.92 Å². The molecule has 0 aliphatic heterocycles. The third-order valence-electron chi connectivity index (χ3n) is 3.91. The smallest absolute Gasteiger partial charge is 0.336 e. The summed E-state index contributed by atoms with van der Waals surface area (Å²) in [5.74, 6) is 0.449. The number of hydrogen-bond acceptors (Lipinski definition) is 3. The zero-order valence-corrected chi connectivity index (χ0v) is 14.9. The molecule has 132 valence electrons. The van der Waals surface area contributed by atoms with Gasteiger partial charge >= 0.3 is 5.97 Å². The van der Waals surface area contributed by atoms with Crippen LogP contribution in [0, 0.1) is 6.92 Å². The van der Waals surface area contributed by atoms with Crippen LogP contribution in [0.1, 0.15) is 36.5 Å². The Morgan fingerprint density at radius 2 is 1.92 bits per heavy atom. The Bertz CT molecular complexity index is 762. The Balaban J connectivity index is 2.41. The monoisotopic (exact) mass is 340 g/mol. The topological polar surface area (TPSA) is 55.8 Å². The van der Waals surface area contributed by atoms with Gasteiger partial charge < -0.3 is 14.6 Å². The number of aryl methyl sites for hydroxylation is 1. The van der Waals surface area contributed by atoms with E-state index in [4.69, 9.17) is 9.47 Å². The molecule has 0 radical (unpaired) electrons. The first-order chi connectivity index (χ1) is 12.1. The maximum absolute atomic E-state index is 11.8. The molecule has 25 heavy (non-hydrogen) atoms. The Hall–Kier alpha value is -2.75. The molecule has 0 spiro atoms. The van der Waals surface area contributed by atoms with Gasteiger partial charge in [-0.3, -0.25) is 0 Å². The summed E-state index contributed by atoms with van der Waals surface area (Å²) in [6.07, 6.45) is 3.66. The van der Waals surface area contributed by atoms with Crippen molar-refractivity contribution in [3.8, 4) is 11.5 Å². The van der Waals surface area contributed by atoms with Crippen molar-refractivity contribution in [3.63, 3.8) is 0 Å². The minimum Gasteiger partial charge on any atom is -0.496 e. The number of aliphatic carboxylic acids is 1. The quantitative estimate of drug-likeness (QED) is 0.426. The van der Waals surface area contributed by atoms with Crippen molar-refractivity contribution in [1.82, 2.24) is 0 Å². The average molecular weight is 340 g/mol. The summed E-state index contributed by atoms with van der Waals surface area (Å²) < 4.78 is 11.0. The van der Waals surface area contributed by atoms with Gasteiger partial charge in [-0.05, 0) is 48.7 Å². The number of ether oxygens (including phenoxy) is 2. The van der Waals surface area contributed by atoms with Gasteiger partial charge in [0.1, 0.15) is 11.5 Å². The SMILES string of the molecule is CCCCOc1ccccc1/C=C(\C(=O)O)c1ccc(OC)c(C)c1. The van der Waals surface area contributed by atoms with Gasteiger partial charge in [-0.2, -0.15) is 0 Å². The number of para-hydroxylation sites is 1. The van der Waals surface area contributed by atoms with Gasteiger partial charge in [-0.15, -0.1) is 0 Å². The summed E-state index contributed by atoms with van der Waals surface area (Å²) in [6, 6.07) is 12.8. The average Bonchev–Trinajstić information content (AvgIpc) is 2.60. The fourth-order valence-electron chi connectivity index (χ4n) is 2.53. The van der Waals surface area contributed by atoms with Gasteiger partial charge in [-0.1, -0.05) is 37.6 Å². The fourth-order valence-corrected chi connectivity index (χ4v) is 2.53. The summed E-state index contributed by atoms with van der Waals surface area (Å²) in [7, 11) is 1.60. The lowest BCUT2D eigenvalue weighted by Gasteiger charge is -2.11. The Morgan fingerprint density at radius 1 is 1.16 bits per heavy atom. The predicted molar refractivity (Wildman–Crippen MR) is 100 cm³/mol. The summed E-state index contributed by atoms with van der Waals surface area (Å²) in [4.78, 5) is 11.8. The molecule has 4 heteroatoms. The van der Waals surface area contributed by atoms with Gasteiger partial charge in [0.2, 0.25) is 0 Å². The number of methoxy groups -OCH3 is 1. The van der Waals surface area contributed by atoms with E-state index in [0.29, 0.717) is 17.9 Å². The molecule has 0 aromatic heterocycles. The van der Waals surface area contributed by atoms with E-state index in [9.17, 15) is 9.90 Å². The minimum absolute atomic E-state index is 0.220. The molecular weight excluding hydrogens is 316 g/mol. The van der Waals surface area contributed by atoms with Crippen molar-refractivity contribution in [2.45, 2.75) is 26.7 Å². The molecule has 0 aliphatic carbocycles. The highest BCUT2D eigenvalue weighted by Crippen LogP contribution is 2.28. The van der Waals surface area contributed by atoms with E-state index in [-0.39, 0.29) is 5.57 Å². The normalized spacial score (nSPS) is 11.2. The number of carbonyl (C=O) groups is 1. The maximum atomic E-state index is 11.8. The van der Waals surface area contributed by atoms with Crippen LogP contribution in [0.3, 0.4) is 0 Å². The number of unbranched alkanes of at least 4 members (excludes halogenated alkanes) is 1. The molecule has 2 rings (SSSR count). The second kappa shape index (κ2) is 8.92. The molecule has 1 N–H and O–H groups in total. The molecule has 0 aliphatic rings. The second-order valence-corrected chi connectivity index (χ2v) is 5.79. The van der Waals surface area contributed by atoms with Gasteiger partial charge in [0.15, 0.2) is 0 Å². The highest BCUT2D eigenvalue weighted by molar-refractivity contribution is 6.20. The number of carboxylic acid groups (broad SMARTS) is 1. The van der Waals surface area contributed by atoms with E-state index >= 15 is 0 Å². The third kappa shape index (κ3) is 4.86. The predicted octanol–water partition coefficient (Wildman–Crippen LogP) is 4.81. The molecule has 4 nitrogen and oxygen atoms in total. The molecule has 2 aromatic rings. The highest BCUT2D eigenvalue weighted by atomic mass is 16.5. The number of hydrogen-bond donors (Lipinski definition) is 1. The fraction of sp³-hybridized carbons (Fsp3) is 0.286. The Morgan fingerprint density at radius 3 is 2.56 bits per heavy atom. The molecule has 0 heterocycles. The van der Waals surface area contributed by atoms with Crippen molar-refractivity contribution in [1.29, 1.82) is 0 Å². The molecule has 0 unspecified atom stereocenters. The van der Waals surface area contributed by atoms with Crippen LogP contribution in [0.5, 0.6) is 11.5 Å². The Kier molecular flexibility index (Phi) is 6.63. The van der Waals surface area contributed by atoms with Crippen molar-refractivity contribution in [2.24, 2.45) is 0 Å². The van der Waals surface area contributed by atoms with Gasteiger partial charge in [-0.25, -0.2) is 4.79 Å². The number of rotatable bonds is 8. The second-order valence-electron chi connectivity index (χ2n) is 5.79. The van der Waals surface area contributed by atoms with Crippen LogP contribution in [0.25, 0.3) is 11.6 Å². The standard InChI is InChI=1S/C21H24O4/c1-4-5-12-25-20-9-7-6-8-17(20)14-18(21(22)23)16-10-11-19(24-3)15(2)13-16/h6-11,13-14H,4-5,12H2,1-3H3,(H,22,23)/b18-14-. The van der Waals surface area contributed by atoms with Crippen molar-refractivity contribution >= 4 is 17.6 Å². The number of benzene rings is 2. The van der Waals surface area contributed by atoms with Crippen LogP contribution in [-0.2, 0) is 4.79 Å². The summed E-state index contributed by atoms with van der Waals surface area (Å²) in [5.41, 5.74) is 2.50. The van der Waals surface area contributed by atoms with Gasteiger partial charge in [0, 0.05) is 5.56 Å². The van der Waals surface area contributed by atoms with Crippen LogP contribution < -0.4 is 9.47 Å². The van der Waals surface area contributed by atoms with Crippen molar-refractivity contribution in [3.05, 3.63) is 59.2 Å². The van der Waals surface area contributed by atoms with E-state index < -0.39 is 5.97 Å². The Labute approximate surface area is 148 Å². The van der Waals surface area contributed by atoms with Gasteiger partial charge in [0.25, 0.3) is 0 Å². The summed E-state index contributed by atoms with van der Waals surface area (Å²) in [6.45, 7) is 4.61. The first-order valence-electron chi connectivity index (χ1n) is 8.38. The third-order valence-corrected chi connectivity index (χ3v) is 3.91. The zero-order chi connectivity index (χ0) is 18.2. The zero-order valence-electron chi connectivity index (χ0n) is 14.9. The van der Waals surface area contributed by atoms with E-state index in [1.165, 1.54) is 0 Å². The summed E-state index contributed by atoms with van der Waals surface area (Å²) in [5, 5.41) is 9.67. The first kappa shape index (κ1) is 18.6. The molecule has 0 fully saturated rings. The van der Waals surface area contributed by atoms with Crippen molar-refractivity contribution in [2.75, 3.05) is 13.7 Å². The molecule has 0 amide bonds. The molecular formula is C21H24O4. The van der Waals surface area contributed by atoms with E-state index in [0.717, 1.165) is 29.7 Å². The van der Waals surface area contributed by atoms with Crippen LogP contribution in [0.2, 0.25) is 0 Å². The van der Waals surface area contributed by atoms with Gasteiger partial charge in [0.05, 0.1) is 19.3 Å². The van der Waals surface area contributed by atoms with Crippen LogP contribution in [0.4, 0.5) is 0 Å². The molecule has 0 atom stereocenters. The van der Waals surface area contributed by atoms with E-state index in [1.807, 2.05) is 37.3 Å². The minimum atomic E-state index is -0.979. The maximum Gasteiger partial charge on any atom is 0.336 e. The van der Waals surface area contributed by atoms with Crippen molar-refractivity contribution < 1.29 is 19.4 Å². The molecule has 0 bridgehead atoms. The molecule has 0 saturated carbocycles. The highest BCUT2D eigenvalue weighted by Gasteiger charge is 2.13. The van der Waals surface area contributed by atoms with E-state index in [1.54, 1.807) is 25.3 Å². The van der Waals surface area contributed by atoms with Crippen LogP contribution >= 0.6 is 0 Å². The first-order valence-corrected chi connectivity index (χ1v) is 8.38. The molecule has 0 saturated heterocycles. The lowest BCUT2D eigenvalue weighted by Crippen LogP contribution is -2.02. The van der Waals surface area contributed by atoms with Crippen LogP contribution in [0.15, 0.2) is 42.5 Å². The largest absolute Gasteiger partial charge is 0.496 e. The molecule has 2 aromatic carbocycles. The lowest BCUT2D eigenvalue weighted by atomic mass is 10.00.